The predicted molar refractivity (Wildman–Crippen MR) is 62.7 cm³/mol. The van der Waals surface area contributed by atoms with E-state index in [1.165, 1.54) is 13.2 Å². The lowest BCUT2D eigenvalue weighted by molar-refractivity contribution is -0.134. The molecular formula is C12H16N2O2. The van der Waals surface area contributed by atoms with Crippen LogP contribution in [0.5, 0.6) is 0 Å². The maximum Gasteiger partial charge on any atom is 0.330 e. The molecule has 0 bridgehead atoms. The summed E-state index contributed by atoms with van der Waals surface area (Å²) in [6, 6.07) is 3.86. The first-order chi connectivity index (χ1) is 7.61. The Kier molecular flexibility index (Phi) is 4.66. The molecule has 0 aromatic carbocycles. The fourth-order valence-electron chi connectivity index (χ4n) is 1.18. The van der Waals surface area contributed by atoms with Crippen molar-refractivity contribution in [2.45, 2.75) is 6.54 Å². The minimum atomic E-state index is -0.364. The Morgan fingerprint density at radius 2 is 2.25 bits per heavy atom. The summed E-state index contributed by atoms with van der Waals surface area (Å²) in [5, 5.41) is 0. The summed E-state index contributed by atoms with van der Waals surface area (Å²) in [5.41, 5.74) is 1.88. The number of carbonyl (C=O) groups excluding carboxylic acids is 1. The number of hydrogen-bond acceptors (Lipinski definition) is 4. The highest BCUT2D eigenvalue weighted by Gasteiger charge is 1.97. The summed E-state index contributed by atoms with van der Waals surface area (Å²) in [6.07, 6.45) is 4.79. The van der Waals surface area contributed by atoms with Crippen LogP contribution in [0.3, 0.4) is 0 Å². The zero-order chi connectivity index (χ0) is 12.0. The Balaban J connectivity index is 2.64. The van der Waals surface area contributed by atoms with Gasteiger partial charge in [-0.25, -0.2) is 4.79 Å². The molecule has 0 radical (unpaired) electrons. The topological polar surface area (TPSA) is 42.4 Å². The number of nitrogens with zero attached hydrogens (tertiary/aromatic N) is 2. The van der Waals surface area contributed by atoms with Crippen LogP contribution in [0.15, 0.2) is 24.4 Å². The summed E-state index contributed by atoms with van der Waals surface area (Å²) < 4.78 is 4.50. The van der Waals surface area contributed by atoms with Gasteiger partial charge in [-0.3, -0.25) is 4.98 Å². The molecule has 1 aromatic heterocycles. The quantitative estimate of drug-likeness (QED) is 0.567. The van der Waals surface area contributed by atoms with Crippen LogP contribution >= 0.6 is 0 Å². The second-order valence-electron chi connectivity index (χ2n) is 3.68. The van der Waals surface area contributed by atoms with Gasteiger partial charge in [0.2, 0.25) is 0 Å². The Hall–Kier alpha value is -1.68. The molecule has 0 fully saturated rings. The molecule has 4 heteroatoms. The molecule has 16 heavy (non-hydrogen) atoms. The Bertz CT molecular complexity index is 369. The van der Waals surface area contributed by atoms with Crippen LogP contribution < -0.4 is 0 Å². The molecule has 86 valence electrons. The van der Waals surface area contributed by atoms with Gasteiger partial charge in [0.1, 0.15) is 0 Å². The maximum absolute atomic E-state index is 10.9. The molecule has 0 aliphatic carbocycles. The zero-order valence-corrected chi connectivity index (χ0v) is 9.80. The van der Waals surface area contributed by atoms with Crippen LogP contribution in [0.1, 0.15) is 11.3 Å². The Labute approximate surface area is 95.6 Å². The average Bonchev–Trinajstić information content (AvgIpc) is 2.27. The van der Waals surface area contributed by atoms with Gasteiger partial charge in [-0.1, -0.05) is 6.07 Å². The van der Waals surface area contributed by atoms with Crippen LogP contribution in [0.25, 0.3) is 6.08 Å². The predicted octanol–water partition coefficient (Wildman–Crippen LogP) is 1.33. The lowest BCUT2D eigenvalue weighted by Gasteiger charge is -2.08. The van der Waals surface area contributed by atoms with E-state index < -0.39 is 0 Å². The first kappa shape index (κ1) is 12.4. The molecule has 1 rings (SSSR count). The van der Waals surface area contributed by atoms with Crippen LogP contribution in [0, 0.1) is 0 Å². The number of pyridine rings is 1. The number of hydrogen-bond donors (Lipinski definition) is 0. The molecule has 1 heterocycles. The van der Waals surface area contributed by atoms with E-state index in [0.29, 0.717) is 0 Å². The van der Waals surface area contributed by atoms with Crippen molar-refractivity contribution in [3.05, 3.63) is 35.7 Å². The van der Waals surface area contributed by atoms with Gasteiger partial charge in [-0.2, -0.15) is 0 Å². The van der Waals surface area contributed by atoms with Gasteiger partial charge in [0.15, 0.2) is 0 Å². The number of ether oxygens (including phenoxy) is 1. The summed E-state index contributed by atoms with van der Waals surface area (Å²) >= 11 is 0. The van der Waals surface area contributed by atoms with Crippen molar-refractivity contribution in [1.82, 2.24) is 9.88 Å². The van der Waals surface area contributed by atoms with Crippen molar-refractivity contribution in [1.29, 1.82) is 0 Å². The van der Waals surface area contributed by atoms with E-state index in [-0.39, 0.29) is 5.97 Å². The van der Waals surface area contributed by atoms with Crippen molar-refractivity contribution < 1.29 is 9.53 Å². The molecule has 0 spiro atoms. The van der Waals surface area contributed by atoms with E-state index >= 15 is 0 Å². The van der Waals surface area contributed by atoms with Crippen molar-refractivity contribution in [2.75, 3.05) is 21.2 Å². The molecule has 0 N–H and O–H groups in total. The highest BCUT2D eigenvalue weighted by molar-refractivity contribution is 5.86. The normalized spacial score (nSPS) is 11.0. The summed E-state index contributed by atoms with van der Waals surface area (Å²) in [4.78, 5) is 17.2. The minimum Gasteiger partial charge on any atom is -0.466 e. The van der Waals surface area contributed by atoms with E-state index in [4.69, 9.17) is 0 Å². The fourth-order valence-corrected chi connectivity index (χ4v) is 1.18. The van der Waals surface area contributed by atoms with Gasteiger partial charge >= 0.3 is 5.97 Å². The van der Waals surface area contributed by atoms with Crippen molar-refractivity contribution in [2.24, 2.45) is 0 Å². The van der Waals surface area contributed by atoms with Crippen LogP contribution in [0.4, 0.5) is 0 Å². The van der Waals surface area contributed by atoms with Gasteiger partial charge in [0.05, 0.1) is 12.8 Å². The SMILES string of the molecule is COC(=O)C=Cc1ccc(CN(C)C)nc1. The summed E-state index contributed by atoms with van der Waals surface area (Å²) in [7, 11) is 5.34. The molecule has 0 saturated carbocycles. The van der Waals surface area contributed by atoms with E-state index in [1.54, 1.807) is 12.3 Å². The van der Waals surface area contributed by atoms with Crippen molar-refractivity contribution in [3.8, 4) is 0 Å². The maximum atomic E-state index is 10.9. The zero-order valence-electron chi connectivity index (χ0n) is 9.80. The van der Waals surface area contributed by atoms with Crippen molar-refractivity contribution in [3.63, 3.8) is 0 Å². The number of carbonyl (C=O) groups is 1. The molecular weight excluding hydrogens is 204 g/mol. The van der Waals surface area contributed by atoms with Gasteiger partial charge in [0.25, 0.3) is 0 Å². The second kappa shape index (κ2) is 6.02. The largest absolute Gasteiger partial charge is 0.466 e. The highest BCUT2D eigenvalue weighted by atomic mass is 16.5. The van der Waals surface area contributed by atoms with E-state index in [9.17, 15) is 4.79 Å². The first-order valence-electron chi connectivity index (χ1n) is 4.97. The smallest absolute Gasteiger partial charge is 0.330 e. The monoisotopic (exact) mass is 220 g/mol. The first-order valence-corrected chi connectivity index (χ1v) is 4.97. The van der Waals surface area contributed by atoms with E-state index in [1.807, 2.05) is 31.1 Å². The molecule has 1 aromatic rings. The van der Waals surface area contributed by atoms with E-state index in [0.717, 1.165) is 17.8 Å². The molecule has 0 unspecified atom stereocenters. The lowest BCUT2D eigenvalue weighted by atomic mass is 10.2. The van der Waals surface area contributed by atoms with Gasteiger partial charge in [-0.15, -0.1) is 0 Å². The second-order valence-corrected chi connectivity index (χ2v) is 3.68. The summed E-state index contributed by atoms with van der Waals surface area (Å²) in [5.74, 6) is -0.364. The molecule has 0 saturated heterocycles. The van der Waals surface area contributed by atoms with Crippen LogP contribution in [-0.2, 0) is 16.1 Å². The van der Waals surface area contributed by atoms with Gasteiger partial charge in [0, 0.05) is 18.8 Å². The number of esters is 1. The molecule has 0 aliphatic heterocycles. The van der Waals surface area contributed by atoms with Crippen LogP contribution in [0.2, 0.25) is 0 Å². The van der Waals surface area contributed by atoms with Gasteiger partial charge < -0.3 is 9.64 Å². The molecule has 4 nitrogen and oxygen atoms in total. The van der Waals surface area contributed by atoms with Crippen molar-refractivity contribution >= 4 is 12.0 Å². The Morgan fingerprint density at radius 1 is 1.50 bits per heavy atom. The third kappa shape index (κ3) is 4.23. The van der Waals surface area contributed by atoms with E-state index in [2.05, 4.69) is 9.72 Å². The number of rotatable bonds is 4. The third-order valence-corrected chi connectivity index (χ3v) is 1.94. The minimum absolute atomic E-state index is 0.364. The third-order valence-electron chi connectivity index (χ3n) is 1.94. The average molecular weight is 220 g/mol. The lowest BCUT2D eigenvalue weighted by Crippen LogP contribution is -2.11. The fraction of sp³-hybridized carbons (Fsp3) is 0.333. The standard InChI is InChI=1S/C12H16N2O2/c1-14(2)9-11-6-4-10(8-13-11)5-7-12(15)16-3/h4-8H,9H2,1-3H3. The number of methoxy groups -OCH3 is 1. The molecule has 0 amide bonds. The number of aromatic nitrogens is 1. The molecule has 0 atom stereocenters. The highest BCUT2D eigenvalue weighted by Crippen LogP contribution is 2.04. The molecule has 0 aliphatic rings. The van der Waals surface area contributed by atoms with Crippen LogP contribution in [-0.4, -0.2) is 37.1 Å². The van der Waals surface area contributed by atoms with Gasteiger partial charge in [-0.05, 0) is 31.8 Å². The summed E-state index contributed by atoms with van der Waals surface area (Å²) in [6.45, 7) is 0.807. The Morgan fingerprint density at radius 3 is 2.75 bits per heavy atom.